The number of amides is 1. The van der Waals surface area contributed by atoms with Gasteiger partial charge in [-0.25, -0.2) is 0 Å². The number of nitrogens with zero attached hydrogens (tertiary/aromatic N) is 1. The lowest BCUT2D eigenvalue weighted by Gasteiger charge is -2.19. The minimum Gasteiger partial charge on any atom is -0.374 e. The molecule has 3 rings (SSSR count). The van der Waals surface area contributed by atoms with Gasteiger partial charge in [0, 0.05) is 17.9 Å². The summed E-state index contributed by atoms with van der Waals surface area (Å²) in [6.45, 7) is 0.485. The van der Waals surface area contributed by atoms with Crippen LogP contribution >= 0.6 is 24.8 Å². The Morgan fingerprint density at radius 3 is 2.23 bits per heavy atom. The molecule has 0 aliphatic carbocycles. The van der Waals surface area contributed by atoms with Crippen LogP contribution in [0, 0.1) is 0 Å². The highest BCUT2D eigenvalue weighted by molar-refractivity contribution is 5.98. The van der Waals surface area contributed by atoms with Gasteiger partial charge in [-0.3, -0.25) is 9.79 Å². The molecule has 0 aromatic heterocycles. The van der Waals surface area contributed by atoms with Crippen LogP contribution in [0.15, 0.2) is 77.8 Å². The molecule has 0 unspecified atom stereocenters. The highest BCUT2D eigenvalue weighted by Gasteiger charge is 2.18. The normalized spacial score (nSPS) is 10.8. The molecule has 3 aromatic rings. The molecule has 6 N–H and O–H groups in total. The number of nitrogens with one attached hydrogen (secondary N) is 2. The third-order valence-electron chi connectivity index (χ3n) is 4.39. The highest BCUT2D eigenvalue weighted by atomic mass is 35.5. The van der Waals surface area contributed by atoms with Gasteiger partial charge >= 0.3 is 0 Å². The molecule has 0 spiro atoms. The van der Waals surface area contributed by atoms with Gasteiger partial charge in [-0.2, -0.15) is 0 Å². The maximum atomic E-state index is 12.9. The predicted octanol–water partition coefficient (Wildman–Crippen LogP) is 4.16. The third-order valence-corrected chi connectivity index (χ3v) is 4.39. The number of rotatable bonds is 8. The van der Waals surface area contributed by atoms with Gasteiger partial charge in [-0.05, 0) is 47.9 Å². The standard InChI is InChI=1S/C22H25N5O.2ClH/c23-22(24)25-14-6-11-20(26-18-9-2-1-3-10-18)21(28)27-19-13-12-16-7-4-5-8-17(16)15-19;;/h1-5,7-10,12-13,15,20,26H,6,11,14H2,(H,27,28)(H4,23,24,25);2*1H/t20-;;/m0../s1. The van der Waals surface area contributed by atoms with Crippen molar-refractivity contribution >= 4 is 58.8 Å². The van der Waals surface area contributed by atoms with Crippen LogP contribution in [0.25, 0.3) is 10.8 Å². The number of guanidine groups is 1. The lowest BCUT2D eigenvalue weighted by molar-refractivity contribution is -0.117. The number of carbonyl (C=O) groups excluding carboxylic acids is 1. The van der Waals surface area contributed by atoms with Gasteiger partial charge in [0.1, 0.15) is 6.04 Å². The van der Waals surface area contributed by atoms with Crippen LogP contribution in [0.5, 0.6) is 0 Å². The zero-order valence-electron chi connectivity index (χ0n) is 16.5. The largest absolute Gasteiger partial charge is 0.374 e. The number of hydrogen-bond donors (Lipinski definition) is 4. The van der Waals surface area contributed by atoms with E-state index in [1.807, 2.05) is 72.8 Å². The van der Waals surface area contributed by atoms with Crippen molar-refractivity contribution in [1.29, 1.82) is 0 Å². The molecular weight excluding hydrogens is 421 g/mol. The predicted molar refractivity (Wildman–Crippen MR) is 131 cm³/mol. The van der Waals surface area contributed by atoms with Crippen LogP contribution in [0.2, 0.25) is 0 Å². The molecule has 0 radical (unpaired) electrons. The van der Waals surface area contributed by atoms with Crippen LogP contribution in [-0.2, 0) is 4.79 Å². The van der Waals surface area contributed by atoms with E-state index >= 15 is 0 Å². The van der Waals surface area contributed by atoms with Gasteiger partial charge < -0.3 is 22.1 Å². The number of nitrogens with two attached hydrogens (primary N) is 2. The summed E-state index contributed by atoms with van der Waals surface area (Å²) in [4.78, 5) is 16.9. The Labute approximate surface area is 189 Å². The summed E-state index contributed by atoms with van der Waals surface area (Å²) in [5.41, 5.74) is 12.4. The molecule has 6 nitrogen and oxygen atoms in total. The van der Waals surface area contributed by atoms with Crippen molar-refractivity contribution in [2.75, 3.05) is 17.2 Å². The average molecular weight is 448 g/mol. The second-order valence-corrected chi connectivity index (χ2v) is 6.56. The fraction of sp³-hybridized carbons (Fsp3) is 0.182. The first-order valence-electron chi connectivity index (χ1n) is 9.28. The number of carbonyl (C=O) groups is 1. The van der Waals surface area contributed by atoms with Crippen molar-refractivity contribution < 1.29 is 4.79 Å². The topological polar surface area (TPSA) is 106 Å². The summed E-state index contributed by atoms with van der Waals surface area (Å²) in [5.74, 6) is -0.0305. The van der Waals surface area contributed by atoms with Crippen molar-refractivity contribution in [1.82, 2.24) is 0 Å². The second-order valence-electron chi connectivity index (χ2n) is 6.56. The molecule has 0 bridgehead atoms. The van der Waals surface area contributed by atoms with Gasteiger partial charge in [0.25, 0.3) is 0 Å². The molecule has 30 heavy (non-hydrogen) atoms. The smallest absolute Gasteiger partial charge is 0.246 e. The van der Waals surface area contributed by atoms with E-state index < -0.39 is 6.04 Å². The Kier molecular flexibility index (Phi) is 10.5. The number of hydrogen-bond acceptors (Lipinski definition) is 3. The van der Waals surface area contributed by atoms with Crippen molar-refractivity contribution in [2.24, 2.45) is 16.5 Å². The summed E-state index contributed by atoms with van der Waals surface area (Å²) in [6, 6.07) is 23.2. The summed E-state index contributed by atoms with van der Waals surface area (Å²) < 4.78 is 0. The van der Waals surface area contributed by atoms with Crippen molar-refractivity contribution in [3.63, 3.8) is 0 Å². The Bertz CT molecular complexity index is 962. The van der Waals surface area contributed by atoms with Gasteiger partial charge in [-0.15, -0.1) is 24.8 Å². The van der Waals surface area contributed by atoms with Crippen molar-refractivity contribution in [3.05, 3.63) is 72.8 Å². The van der Waals surface area contributed by atoms with E-state index in [0.717, 1.165) is 22.1 Å². The fourth-order valence-corrected chi connectivity index (χ4v) is 3.00. The van der Waals surface area contributed by atoms with E-state index in [2.05, 4.69) is 15.6 Å². The van der Waals surface area contributed by atoms with Crippen LogP contribution in [-0.4, -0.2) is 24.5 Å². The van der Waals surface area contributed by atoms with E-state index in [1.54, 1.807) is 0 Å². The molecule has 160 valence electrons. The minimum absolute atomic E-state index is 0. The molecule has 8 heteroatoms. The fourth-order valence-electron chi connectivity index (χ4n) is 3.00. The summed E-state index contributed by atoms with van der Waals surface area (Å²) in [6.07, 6.45) is 1.29. The Morgan fingerprint density at radius 1 is 0.867 bits per heavy atom. The number of benzene rings is 3. The maximum Gasteiger partial charge on any atom is 0.246 e. The molecule has 0 aliphatic rings. The zero-order chi connectivity index (χ0) is 19.8. The zero-order valence-corrected chi connectivity index (χ0v) is 18.1. The number of halogens is 2. The highest BCUT2D eigenvalue weighted by Crippen LogP contribution is 2.20. The van der Waals surface area contributed by atoms with E-state index in [9.17, 15) is 4.79 Å². The van der Waals surface area contributed by atoms with Gasteiger partial charge in [0.15, 0.2) is 5.96 Å². The first-order chi connectivity index (χ1) is 13.6. The van der Waals surface area contributed by atoms with E-state index in [0.29, 0.717) is 19.4 Å². The first-order valence-corrected chi connectivity index (χ1v) is 9.28. The number of para-hydroxylation sites is 1. The van der Waals surface area contributed by atoms with E-state index in [4.69, 9.17) is 11.5 Å². The lowest BCUT2D eigenvalue weighted by atomic mass is 10.1. The van der Waals surface area contributed by atoms with E-state index in [1.165, 1.54) is 0 Å². The molecule has 0 saturated carbocycles. The Balaban J connectivity index is 0.00000225. The molecule has 0 aliphatic heterocycles. The van der Waals surface area contributed by atoms with Gasteiger partial charge in [-0.1, -0.05) is 48.5 Å². The monoisotopic (exact) mass is 447 g/mol. The first kappa shape index (κ1) is 25.1. The molecular formula is C22H27Cl2N5O. The number of aliphatic imine (C=N–C) groups is 1. The third kappa shape index (κ3) is 7.46. The average Bonchev–Trinajstić information content (AvgIpc) is 2.70. The molecule has 0 heterocycles. The van der Waals surface area contributed by atoms with Crippen LogP contribution in [0.4, 0.5) is 11.4 Å². The minimum atomic E-state index is -0.400. The number of fused-ring (bicyclic) bond motifs is 1. The lowest BCUT2D eigenvalue weighted by Crippen LogP contribution is -2.35. The molecule has 1 atom stereocenters. The Morgan fingerprint density at radius 2 is 1.53 bits per heavy atom. The van der Waals surface area contributed by atoms with E-state index in [-0.39, 0.29) is 36.7 Å². The second kappa shape index (κ2) is 12.6. The van der Waals surface area contributed by atoms with Crippen LogP contribution < -0.4 is 22.1 Å². The molecule has 1 amide bonds. The van der Waals surface area contributed by atoms with Crippen LogP contribution in [0.3, 0.4) is 0 Å². The SMILES string of the molecule is Cl.Cl.NC(N)=NCCC[C@H](Nc1ccccc1)C(=O)Nc1ccc2ccccc2c1. The van der Waals surface area contributed by atoms with Gasteiger partial charge in [0.2, 0.25) is 5.91 Å². The van der Waals surface area contributed by atoms with Crippen LogP contribution in [0.1, 0.15) is 12.8 Å². The molecule has 0 saturated heterocycles. The molecule has 0 fully saturated rings. The summed E-state index contributed by atoms with van der Waals surface area (Å²) in [7, 11) is 0. The Hall–Kier alpha value is -2.96. The maximum absolute atomic E-state index is 12.9. The summed E-state index contributed by atoms with van der Waals surface area (Å²) in [5, 5.41) is 8.54. The van der Waals surface area contributed by atoms with Crippen molar-refractivity contribution in [2.45, 2.75) is 18.9 Å². The number of anilines is 2. The van der Waals surface area contributed by atoms with Gasteiger partial charge in [0.05, 0.1) is 0 Å². The molecule has 3 aromatic carbocycles. The quantitative estimate of drug-likeness (QED) is 0.236. The summed E-state index contributed by atoms with van der Waals surface area (Å²) >= 11 is 0. The van der Waals surface area contributed by atoms with Crippen molar-refractivity contribution in [3.8, 4) is 0 Å².